The molecule has 2 aromatic rings. The van der Waals surface area contributed by atoms with Crippen molar-refractivity contribution in [2.75, 3.05) is 22.9 Å². The first-order chi connectivity index (χ1) is 11.6. The third-order valence-electron chi connectivity index (χ3n) is 4.60. The third-order valence-corrected chi connectivity index (χ3v) is 4.60. The monoisotopic (exact) mass is 327 g/mol. The molecule has 2 aliphatic rings. The molecule has 0 spiro atoms. The van der Waals surface area contributed by atoms with E-state index < -0.39 is 0 Å². The normalized spacial score (nSPS) is 17.2. The van der Waals surface area contributed by atoms with Gasteiger partial charge in [-0.3, -0.25) is 9.59 Å². The quantitative estimate of drug-likeness (QED) is 0.838. The number of hydrogen-bond donors (Lipinski definition) is 1. The molecule has 1 N–H and O–H groups in total. The number of aromatic nitrogens is 3. The summed E-state index contributed by atoms with van der Waals surface area (Å²) in [5.41, 5.74) is 2.65. The number of hydrogen-bond acceptors (Lipinski definition) is 5. The van der Waals surface area contributed by atoms with Gasteiger partial charge < -0.3 is 15.0 Å². The van der Waals surface area contributed by atoms with E-state index >= 15 is 0 Å². The van der Waals surface area contributed by atoms with Crippen molar-refractivity contribution < 1.29 is 14.8 Å². The lowest BCUT2D eigenvalue weighted by Gasteiger charge is -2.28. The summed E-state index contributed by atoms with van der Waals surface area (Å²) in [5, 5.41) is 16.5. The second-order valence-electron chi connectivity index (χ2n) is 6.03. The van der Waals surface area contributed by atoms with Gasteiger partial charge >= 0.3 is 0 Å². The Bertz CT molecular complexity index is 816. The Balaban J connectivity index is 1.67. The Morgan fingerprint density at radius 2 is 2.04 bits per heavy atom. The van der Waals surface area contributed by atoms with Gasteiger partial charge in [0.1, 0.15) is 0 Å². The second-order valence-corrected chi connectivity index (χ2v) is 6.03. The summed E-state index contributed by atoms with van der Waals surface area (Å²) in [4.78, 5) is 28.6. The summed E-state index contributed by atoms with van der Waals surface area (Å²) >= 11 is 0. The van der Waals surface area contributed by atoms with Gasteiger partial charge in [0.25, 0.3) is 5.91 Å². The van der Waals surface area contributed by atoms with E-state index in [0.29, 0.717) is 24.4 Å². The van der Waals surface area contributed by atoms with E-state index in [4.69, 9.17) is 0 Å². The largest absolute Gasteiger partial charge is 0.410 e. The molecule has 1 saturated heterocycles. The van der Waals surface area contributed by atoms with Crippen LogP contribution in [0.25, 0.3) is 0 Å². The van der Waals surface area contributed by atoms with Crippen molar-refractivity contribution in [2.45, 2.75) is 25.7 Å². The number of benzene rings is 1. The summed E-state index contributed by atoms with van der Waals surface area (Å²) in [6.45, 7) is 1.23. The molecule has 2 aliphatic heterocycles. The lowest BCUT2D eigenvalue weighted by Crippen LogP contribution is -2.35. The first kappa shape index (κ1) is 14.7. The first-order valence-corrected chi connectivity index (χ1v) is 8.00. The molecular formula is C16H17N5O3. The van der Waals surface area contributed by atoms with Crippen molar-refractivity contribution in [1.82, 2.24) is 15.2 Å². The zero-order valence-electron chi connectivity index (χ0n) is 13.1. The average molecular weight is 327 g/mol. The molecule has 8 heteroatoms. The van der Waals surface area contributed by atoms with Crippen molar-refractivity contribution >= 4 is 23.2 Å². The molecule has 3 heterocycles. The van der Waals surface area contributed by atoms with Gasteiger partial charge in [-0.2, -0.15) is 0 Å². The topological polar surface area (TPSA) is 91.6 Å². The second kappa shape index (κ2) is 5.63. The Morgan fingerprint density at radius 3 is 2.79 bits per heavy atom. The molecule has 1 aromatic heterocycles. The smallest absolute Gasteiger partial charge is 0.282 e. The minimum absolute atomic E-state index is 0.0160. The van der Waals surface area contributed by atoms with Crippen LogP contribution >= 0.6 is 0 Å². The highest BCUT2D eigenvalue weighted by molar-refractivity contribution is 6.06. The van der Waals surface area contributed by atoms with Gasteiger partial charge in [0.05, 0.1) is 6.20 Å². The maximum absolute atomic E-state index is 12.6. The number of amides is 2. The van der Waals surface area contributed by atoms with Crippen LogP contribution in [0.15, 0.2) is 24.4 Å². The number of piperidine rings is 1. The fourth-order valence-corrected chi connectivity index (χ4v) is 3.33. The molecule has 2 amide bonds. The van der Waals surface area contributed by atoms with Crippen LogP contribution in [0, 0.1) is 0 Å². The molecule has 0 atom stereocenters. The summed E-state index contributed by atoms with van der Waals surface area (Å²) in [7, 11) is 0. The van der Waals surface area contributed by atoms with Crippen molar-refractivity contribution in [2.24, 2.45) is 0 Å². The summed E-state index contributed by atoms with van der Waals surface area (Å²) < 4.78 is 0. The standard InChI is InChI=1S/C16H17N5O3/c22-15-3-1-2-7-19(15)12-5-4-11-6-8-20(13(11)9-12)16(23)14-10-17-18-21(14)24/h4-5,9-10,24H,1-3,6-8H2. The molecule has 24 heavy (non-hydrogen) atoms. The lowest BCUT2D eigenvalue weighted by molar-refractivity contribution is -0.119. The third kappa shape index (κ3) is 2.31. The Morgan fingerprint density at radius 1 is 1.17 bits per heavy atom. The molecule has 8 nitrogen and oxygen atoms in total. The van der Waals surface area contributed by atoms with Crippen molar-refractivity contribution in [3.63, 3.8) is 0 Å². The van der Waals surface area contributed by atoms with Gasteiger partial charge in [-0.15, -0.1) is 5.10 Å². The predicted molar refractivity (Wildman–Crippen MR) is 85.2 cm³/mol. The highest BCUT2D eigenvalue weighted by Crippen LogP contribution is 2.34. The highest BCUT2D eigenvalue weighted by Gasteiger charge is 2.30. The Kier molecular flexibility index (Phi) is 3.44. The number of carbonyl (C=O) groups is 2. The van der Waals surface area contributed by atoms with E-state index in [9.17, 15) is 14.8 Å². The molecular weight excluding hydrogens is 310 g/mol. The fraction of sp³-hybridized carbons (Fsp3) is 0.375. The van der Waals surface area contributed by atoms with E-state index in [-0.39, 0.29) is 17.5 Å². The molecule has 0 bridgehead atoms. The van der Waals surface area contributed by atoms with E-state index in [1.54, 1.807) is 9.80 Å². The van der Waals surface area contributed by atoms with Crippen LogP contribution in [0.5, 0.6) is 0 Å². The molecule has 0 aliphatic carbocycles. The lowest BCUT2D eigenvalue weighted by atomic mass is 10.1. The minimum atomic E-state index is -0.358. The van der Waals surface area contributed by atoms with Crippen molar-refractivity contribution in [3.8, 4) is 0 Å². The fourth-order valence-electron chi connectivity index (χ4n) is 3.33. The van der Waals surface area contributed by atoms with E-state index in [1.165, 1.54) is 6.20 Å². The number of fused-ring (bicyclic) bond motifs is 1. The molecule has 0 unspecified atom stereocenters. The molecule has 4 rings (SSSR count). The van der Waals surface area contributed by atoms with Crippen molar-refractivity contribution in [1.29, 1.82) is 0 Å². The van der Waals surface area contributed by atoms with Crippen LogP contribution in [0.1, 0.15) is 35.3 Å². The van der Waals surface area contributed by atoms with Crippen LogP contribution in [-0.2, 0) is 11.2 Å². The van der Waals surface area contributed by atoms with Crippen LogP contribution in [0.2, 0.25) is 0 Å². The zero-order chi connectivity index (χ0) is 16.7. The summed E-state index contributed by atoms with van der Waals surface area (Å²) in [5.74, 6) is -0.238. The van der Waals surface area contributed by atoms with E-state index in [1.807, 2.05) is 18.2 Å². The SMILES string of the molecule is O=C1CCCCN1c1ccc2c(c1)N(C(=O)c1cnnn1O)CC2. The highest BCUT2D eigenvalue weighted by atomic mass is 16.5. The van der Waals surface area contributed by atoms with Gasteiger partial charge in [-0.05, 0) is 42.2 Å². The Hall–Kier alpha value is -2.90. The van der Waals surface area contributed by atoms with E-state index in [0.717, 1.165) is 36.2 Å². The van der Waals surface area contributed by atoms with Crippen LogP contribution in [0.3, 0.4) is 0 Å². The molecule has 0 saturated carbocycles. The Labute approximate surface area is 138 Å². The maximum Gasteiger partial charge on any atom is 0.282 e. The maximum atomic E-state index is 12.6. The number of nitrogens with zero attached hydrogens (tertiary/aromatic N) is 5. The van der Waals surface area contributed by atoms with Crippen molar-refractivity contribution in [3.05, 3.63) is 35.7 Å². The minimum Gasteiger partial charge on any atom is -0.410 e. The molecule has 0 radical (unpaired) electrons. The predicted octanol–water partition coefficient (Wildman–Crippen LogP) is 1.24. The number of anilines is 2. The van der Waals surface area contributed by atoms with Gasteiger partial charge in [-0.25, -0.2) is 0 Å². The first-order valence-electron chi connectivity index (χ1n) is 8.00. The molecule has 1 aromatic carbocycles. The molecule has 124 valence electrons. The molecule has 1 fully saturated rings. The number of carbonyl (C=O) groups excluding carboxylic acids is 2. The van der Waals surface area contributed by atoms with Gasteiger partial charge in [0.15, 0.2) is 5.69 Å². The van der Waals surface area contributed by atoms with Gasteiger partial charge in [0.2, 0.25) is 5.91 Å². The zero-order valence-corrected chi connectivity index (χ0v) is 13.1. The van der Waals surface area contributed by atoms with E-state index in [2.05, 4.69) is 10.3 Å². The van der Waals surface area contributed by atoms with Gasteiger partial charge in [-0.1, -0.05) is 10.9 Å². The van der Waals surface area contributed by atoms with Crippen LogP contribution in [-0.4, -0.2) is 45.3 Å². The van der Waals surface area contributed by atoms with Gasteiger partial charge in [0, 0.05) is 30.9 Å². The van der Waals surface area contributed by atoms with Crippen LogP contribution in [0.4, 0.5) is 11.4 Å². The summed E-state index contributed by atoms with van der Waals surface area (Å²) in [6, 6.07) is 5.79. The van der Waals surface area contributed by atoms with Crippen LogP contribution < -0.4 is 9.80 Å². The average Bonchev–Trinajstić information content (AvgIpc) is 3.20. The summed E-state index contributed by atoms with van der Waals surface area (Å²) in [6.07, 6.45) is 4.45. The number of rotatable bonds is 2.